The summed E-state index contributed by atoms with van der Waals surface area (Å²) in [5.41, 5.74) is 1.72. The van der Waals surface area contributed by atoms with Crippen LogP contribution in [0.25, 0.3) is 0 Å². The zero-order valence-corrected chi connectivity index (χ0v) is 13.2. The summed E-state index contributed by atoms with van der Waals surface area (Å²) < 4.78 is 16.0. The van der Waals surface area contributed by atoms with Gasteiger partial charge in [0.15, 0.2) is 17.3 Å². The summed E-state index contributed by atoms with van der Waals surface area (Å²) in [5, 5.41) is 3.29. The van der Waals surface area contributed by atoms with Gasteiger partial charge >= 0.3 is 0 Å². The molecule has 120 valence electrons. The number of carbonyl (C=O) groups excluding carboxylic acids is 1. The van der Waals surface area contributed by atoms with Crippen LogP contribution >= 0.6 is 0 Å². The minimum atomic E-state index is 0.0742. The molecule has 5 heteroatoms. The van der Waals surface area contributed by atoms with E-state index in [0.717, 1.165) is 23.6 Å². The summed E-state index contributed by atoms with van der Waals surface area (Å²) in [6, 6.07) is 9.33. The molecule has 0 aliphatic heterocycles. The molecule has 0 spiro atoms. The van der Waals surface area contributed by atoms with Gasteiger partial charge in [0.05, 0.1) is 20.5 Å². The number of anilines is 1. The Hall–Kier alpha value is -2.69. The summed E-state index contributed by atoms with van der Waals surface area (Å²) in [5.74, 6) is 2.33. The Balaban J connectivity index is 1.78. The van der Waals surface area contributed by atoms with E-state index in [1.54, 1.807) is 26.6 Å². The molecule has 1 aromatic carbocycles. The van der Waals surface area contributed by atoms with Gasteiger partial charge in [-0.3, -0.25) is 4.79 Å². The van der Waals surface area contributed by atoms with Crippen LogP contribution in [0.3, 0.4) is 0 Å². The van der Waals surface area contributed by atoms with Crippen LogP contribution in [0.15, 0.2) is 52.8 Å². The summed E-state index contributed by atoms with van der Waals surface area (Å²) in [6.07, 6.45) is 4.51. The van der Waals surface area contributed by atoms with Gasteiger partial charge in [-0.25, -0.2) is 0 Å². The molecule has 0 amide bonds. The molecule has 3 rings (SSSR count). The predicted octanol–water partition coefficient (Wildman–Crippen LogP) is 3.74. The third-order valence-corrected chi connectivity index (χ3v) is 3.88. The van der Waals surface area contributed by atoms with Crippen LogP contribution in [0.4, 0.5) is 5.69 Å². The van der Waals surface area contributed by atoms with Crippen molar-refractivity contribution in [3.05, 3.63) is 54.1 Å². The molecule has 1 aliphatic carbocycles. The fourth-order valence-corrected chi connectivity index (χ4v) is 2.80. The van der Waals surface area contributed by atoms with Crippen molar-refractivity contribution in [1.29, 1.82) is 0 Å². The highest BCUT2D eigenvalue weighted by Gasteiger charge is 2.24. The fraction of sp³-hybridized carbons (Fsp3) is 0.278. The Morgan fingerprint density at radius 2 is 1.96 bits per heavy atom. The molecule has 0 saturated heterocycles. The first-order valence-corrected chi connectivity index (χ1v) is 7.45. The van der Waals surface area contributed by atoms with E-state index in [4.69, 9.17) is 13.9 Å². The highest BCUT2D eigenvalue weighted by Crippen LogP contribution is 2.34. The number of allylic oxidation sites excluding steroid dienone is 2. The maximum Gasteiger partial charge on any atom is 0.162 e. The lowest BCUT2D eigenvalue weighted by Gasteiger charge is -2.22. The second-order valence-electron chi connectivity index (χ2n) is 5.45. The number of ketones is 1. The van der Waals surface area contributed by atoms with Crippen LogP contribution in [-0.4, -0.2) is 20.0 Å². The van der Waals surface area contributed by atoms with Crippen LogP contribution in [0, 0.1) is 0 Å². The molecule has 0 fully saturated rings. The molecule has 0 saturated carbocycles. The van der Waals surface area contributed by atoms with Crippen molar-refractivity contribution < 1.29 is 18.7 Å². The van der Waals surface area contributed by atoms with Crippen molar-refractivity contribution in [1.82, 2.24) is 0 Å². The molecular weight excluding hydrogens is 294 g/mol. The number of rotatable bonds is 5. The van der Waals surface area contributed by atoms with Crippen LogP contribution in [-0.2, 0) is 4.79 Å². The summed E-state index contributed by atoms with van der Waals surface area (Å²) >= 11 is 0. The number of hydrogen-bond acceptors (Lipinski definition) is 5. The quantitative estimate of drug-likeness (QED) is 0.911. The number of hydrogen-bond donors (Lipinski definition) is 1. The van der Waals surface area contributed by atoms with Gasteiger partial charge in [-0.15, -0.1) is 0 Å². The Labute approximate surface area is 134 Å². The van der Waals surface area contributed by atoms with Gasteiger partial charge in [-0.1, -0.05) is 0 Å². The van der Waals surface area contributed by atoms with Gasteiger partial charge in [0.25, 0.3) is 0 Å². The van der Waals surface area contributed by atoms with Gasteiger partial charge in [-0.05, 0) is 30.7 Å². The molecular formula is C18H19NO4. The third-order valence-electron chi connectivity index (χ3n) is 3.88. The molecule has 2 aromatic rings. The van der Waals surface area contributed by atoms with Crippen LogP contribution in [0.1, 0.15) is 24.5 Å². The molecule has 1 atom stereocenters. The molecule has 1 N–H and O–H groups in total. The molecule has 0 radical (unpaired) electrons. The van der Waals surface area contributed by atoms with E-state index in [-0.39, 0.29) is 11.7 Å². The summed E-state index contributed by atoms with van der Waals surface area (Å²) in [7, 11) is 3.19. The predicted molar refractivity (Wildman–Crippen MR) is 86.9 cm³/mol. The number of ether oxygens (including phenoxy) is 2. The Bertz CT molecular complexity index is 719. The van der Waals surface area contributed by atoms with Gasteiger partial charge < -0.3 is 19.2 Å². The molecule has 0 unspecified atom stereocenters. The monoisotopic (exact) mass is 313 g/mol. The van der Waals surface area contributed by atoms with E-state index in [0.29, 0.717) is 17.9 Å². The first-order chi connectivity index (χ1) is 11.2. The van der Waals surface area contributed by atoms with E-state index in [1.165, 1.54) is 0 Å². The van der Waals surface area contributed by atoms with Crippen molar-refractivity contribution in [3.63, 3.8) is 0 Å². The standard InChI is InChI=1S/C18H19NO4/c1-21-17-6-5-13(11-18(17)22-2)19-14-8-12(9-15(20)10-14)16-4-3-7-23-16/h3-7,10-12,19H,8-9H2,1-2H3/t12-/m0/s1. The second-order valence-corrected chi connectivity index (χ2v) is 5.45. The van der Waals surface area contributed by atoms with E-state index in [9.17, 15) is 4.79 Å². The number of methoxy groups -OCH3 is 2. The first kappa shape index (κ1) is 15.2. The Kier molecular flexibility index (Phi) is 4.37. The van der Waals surface area contributed by atoms with E-state index in [1.807, 2.05) is 30.3 Å². The zero-order chi connectivity index (χ0) is 16.2. The minimum absolute atomic E-state index is 0.0742. The lowest BCUT2D eigenvalue weighted by Crippen LogP contribution is -2.16. The molecule has 1 aromatic heterocycles. The van der Waals surface area contributed by atoms with Crippen LogP contribution < -0.4 is 14.8 Å². The number of carbonyl (C=O) groups is 1. The van der Waals surface area contributed by atoms with Gasteiger partial charge in [0, 0.05) is 35.9 Å². The van der Waals surface area contributed by atoms with Crippen molar-refractivity contribution in [3.8, 4) is 11.5 Å². The minimum Gasteiger partial charge on any atom is -0.493 e. The van der Waals surface area contributed by atoms with E-state index >= 15 is 0 Å². The van der Waals surface area contributed by atoms with Gasteiger partial charge in [-0.2, -0.15) is 0 Å². The summed E-state index contributed by atoms with van der Waals surface area (Å²) in [4.78, 5) is 12.0. The van der Waals surface area contributed by atoms with Crippen molar-refractivity contribution in [2.24, 2.45) is 0 Å². The Morgan fingerprint density at radius 3 is 2.65 bits per heavy atom. The molecule has 1 heterocycles. The molecule has 1 aliphatic rings. The summed E-state index contributed by atoms with van der Waals surface area (Å²) in [6.45, 7) is 0. The van der Waals surface area contributed by atoms with Crippen molar-refractivity contribution in [2.75, 3.05) is 19.5 Å². The van der Waals surface area contributed by atoms with Gasteiger partial charge in [0.2, 0.25) is 0 Å². The lowest BCUT2D eigenvalue weighted by molar-refractivity contribution is -0.115. The maximum atomic E-state index is 12.0. The zero-order valence-electron chi connectivity index (χ0n) is 13.2. The van der Waals surface area contributed by atoms with E-state index < -0.39 is 0 Å². The van der Waals surface area contributed by atoms with Crippen LogP contribution in [0.5, 0.6) is 11.5 Å². The average molecular weight is 313 g/mol. The molecule has 5 nitrogen and oxygen atoms in total. The van der Waals surface area contributed by atoms with Crippen molar-refractivity contribution in [2.45, 2.75) is 18.8 Å². The highest BCUT2D eigenvalue weighted by atomic mass is 16.5. The molecule has 23 heavy (non-hydrogen) atoms. The fourth-order valence-electron chi connectivity index (χ4n) is 2.80. The van der Waals surface area contributed by atoms with E-state index in [2.05, 4.69) is 5.32 Å². The first-order valence-electron chi connectivity index (χ1n) is 7.45. The lowest BCUT2D eigenvalue weighted by atomic mass is 9.89. The average Bonchev–Trinajstić information content (AvgIpc) is 3.08. The number of nitrogens with one attached hydrogen (secondary N) is 1. The number of furan rings is 1. The highest BCUT2D eigenvalue weighted by molar-refractivity contribution is 5.92. The third kappa shape index (κ3) is 3.39. The molecule has 0 bridgehead atoms. The second kappa shape index (κ2) is 6.60. The Morgan fingerprint density at radius 1 is 1.13 bits per heavy atom. The van der Waals surface area contributed by atoms with Crippen LogP contribution in [0.2, 0.25) is 0 Å². The smallest absolute Gasteiger partial charge is 0.162 e. The maximum absolute atomic E-state index is 12.0. The topological polar surface area (TPSA) is 60.7 Å². The SMILES string of the molecule is COc1ccc(NC2=CC(=O)C[C@@H](c3ccco3)C2)cc1OC. The van der Waals surface area contributed by atoms with Gasteiger partial charge in [0.1, 0.15) is 5.76 Å². The normalized spacial score (nSPS) is 17.6. The number of benzene rings is 1. The van der Waals surface area contributed by atoms with Crippen molar-refractivity contribution >= 4 is 11.5 Å². The largest absolute Gasteiger partial charge is 0.493 e.